The van der Waals surface area contributed by atoms with Gasteiger partial charge in [0.25, 0.3) is 9.60 Å². The van der Waals surface area contributed by atoms with Gasteiger partial charge < -0.3 is 0 Å². The van der Waals surface area contributed by atoms with E-state index in [-0.39, 0.29) is 6.92 Å². The van der Waals surface area contributed by atoms with Crippen molar-refractivity contribution in [2.45, 2.75) is 54.1 Å². The largest absolute Gasteiger partial charge is 0.319 e. The molecule has 1 aliphatic rings. The van der Waals surface area contributed by atoms with Crippen molar-refractivity contribution in [3.8, 4) is 0 Å². The lowest BCUT2D eigenvalue weighted by Crippen LogP contribution is -2.75. The van der Waals surface area contributed by atoms with E-state index < -0.39 is 39.2 Å². The lowest BCUT2D eigenvalue weighted by Gasteiger charge is -2.53. The molecule has 18 heavy (non-hydrogen) atoms. The number of halogens is 8. The molecule has 0 aromatic carbocycles. The van der Waals surface area contributed by atoms with E-state index >= 15 is 0 Å². The van der Waals surface area contributed by atoms with Crippen LogP contribution < -0.4 is 0 Å². The lowest BCUT2D eigenvalue weighted by atomic mass is 9.67. The summed E-state index contributed by atoms with van der Waals surface area (Å²) in [6, 6.07) is 0. The third-order valence-corrected chi connectivity index (χ3v) is 5.36. The standard InChI is InChI=1S/C10H12F7I/c1-5(2)7(12)4-8(13,14)10(17,18)6(3,11)9(7,15)16/h5H,4H2,1-3H3. The van der Waals surface area contributed by atoms with Crippen LogP contribution in [0.2, 0.25) is 0 Å². The number of rotatable bonds is 1. The summed E-state index contributed by atoms with van der Waals surface area (Å²) in [6.07, 6.45) is -2.05. The topological polar surface area (TPSA) is 0 Å². The molecular formula is C10H12F7I. The fraction of sp³-hybridized carbons (Fsp3) is 1.00. The van der Waals surface area contributed by atoms with Crippen molar-refractivity contribution in [3.05, 3.63) is 0 Å². The molecule has 3 atom stereocenters. The zero-order valence-corrected chi connectivity index (χ0v) is 12.0. The summed E-state index contributed by atoms with van der Waals surface area (Å²) in [4.78, 5) is 0. The SMILES string of the molecule is CC(C)C1(F)CC(F)(F)C(F)(I)C(C)(F)C1(F)F. The third kappa shape index (κ3) is 1.62. The molecule has 0 aromatic heterocycles. The van der Waals surface area contributed by atoms with E-state index in [0.717, 1.165) is 13.8 Å². The molecule has 0 bridgehead atoms. The van der Waals surface area contributed by atoms with Gasteiger partial charge in [-0.3, -0.25) is 0 Å². The summed E-state index contributed by atoms with van der Waals surface area (Å²) in [5, 5.41) is 0. The Hall–Kier alpha value is 0.240. The van der Waals surface area contributed by atoms with Gasteiger partial charge in [0.15, 0.2) is 5.67 Å². The highest BCUT2D eigenvalue weighted by Crippen LogP contribution is 2.66. The van der Waals surface area contributed by atoms with Crippen LogP contribution in [0.3, 0.4) is 0 Å². The molecule has 0 radical (unpaired) electrons. The van der Waals surface area contributed by atoms with Crippen LogP contribution in [0.5, 0.6) is 0 Å². The van der Waals surface area contributed by atoms with Crippen LogP contribution in [-0.4, -0.2) is 26.9 Å². The molecule has 1 saturated carbocycles. The molecule has 1 aliphatic carbocycles. The Bertz CT molecular complexity index is 334. The maximum Gasteiger partial charge on any atom is 0.319 e. The van der Waals surface area contributed by atoms with E-state index in [4.69, 9.17) is 0 Å². The van der Waals surface area contributed by atoms with Gasteiger partial charge in [0.2, 0.25) is 5.67 Å². The molecular weight excluding hydrogens is 380 g/mol. The molecule has 0 spiro atoms. The van der Waals surface area contributed by atoms with Crippen LogP contribution in [0.1, 0.15) is 27.2 Å². The molecule has 0 amide bonds. The van der Waals surface area contributed by atoms with Gasteiger partial charge in [-0.25, -0.2) is 22.0 Å². The van der Waals surface area contributed by atoms with Gasteiger partial charge in [0.1, 0.15) is 0 Å². The Morgan fingerprint density at radius 2 is 1.33 bits per heavy atom. The van der Waals surface area contributed by atoms with Gasteiger partial charge >= 0.3 is 5.92 Å². The lowest BCUT2D eigenvalue weighted by molar-refractivity contribution is -0.328. The molecule has 8 heteroatoms. The predicted octanol–water partition coefficient (Wildman–Crippen LogP) is 4.85. The summed E-state index contributed by atoms with van der Waals surface area (Å²) in [7, 11) is 0. The Kier molecular flexibility index (Phi) is 3.51. The number of hydrogen-bond donors (Lipinski definition) is 0. The van der Waals surface area contributed by atoms with Gasteiger partial charge in [-0.1, -0.05) is 13.8 Å². The molecule has 0 heterocycles. The normalized spacial score (nSPS) is 47.3. The second-order valence-corrected chi connectivity index (χ2v) is 6.54. The first-order valence-electron chi connectivity index (χ1n) is 5.16. The van der Waals surface area contributed by atoms with Crippen molar-refractivity contribution >= 4 is 22.6 Å². The first-order chi connectivity index (χ1) is 7.65. The third-order valence-electron chi connectivity index (χ3n) is 3.56. The second kappa shape index (κ2) is 3.88. The minimum atomic E-state index is -4.86. The maximum absolute atomic E-state index is 14.2. The summed E-state index contributed by atoms with van der Waals surface area (Å²) in [5.74, 6) is -11.0. The maximum atomic E-state index is 14.2. The Morgan fingerprint density at radius 1 is 0.944 bits per heavy atom. The monoisotopic (exact) mass is 392 g/mol. The van der Waals surface area contributed by atoms with Crippen molar-refractivity contribution in [2.24, 2.45) is 5.92 Å². The van der Waals surface area contributed by atoms with Crippen molar-refractivity contribution in [1.82, 2.24) is 0 Å². The van der Waals surface area contributed by atoms with E-state index in [2.05, 4.69) is 0 Å². The Balaban J connectivity index is 3.52. The highest BCUT2D eigenvalue weighted by Gasteiger charge is 2.85. The fourth-order valence-electron chi connectivity index (χ4n) is 2.04. The van der Waals surface area contributed by atoms with Crippen LogP contribution in [-0.2, 0) is 0 Å². The van der Waals surface area contributed by atoms with Gasteiger partial charge in [-0.2, -0.15) is 8.78 Å². The smallest absolute Gasteiger partial charge is 0.237 e. The number of hydrogen-bond acceptors (Lipinski definition) is 0. The minimum absolute atomic E-state index is 0.0246. The molecule has 0 aromatic rings. The predicted molar refractivity (Wildman–Crippen MR) is 60.6 cm³/mol. The molecule has 0 aliphatic heterocycles. The average Bonchev–Trinajstić information content (AvgIpc) is 2.13. The molecule has 1 fully saturated rings. The number of alkyl halides is 8. The quantitative estimate of drug-likeness (QED) is 0.340. The van der Waals surface area contributed by atoms with E-state index in [9.17, 15) is 30.7 Å². The summed E-state index contributed by atoms with van der Waals surface area (Å²) in [6.45, 7) is 1.83. The molecule has 3 unspecified atom stereocenters. The van der Waals surface area contributed by atoms with E-state index in [1.165, 1.54) is 0 Å². The van der Waals surface area contributed by atoms with E-state index in [0.29, 0.717) is 22.6 Å². The minimum Gasteiger partial charge on any atom is -0.237 e. The van der Waals surface area contributed by atoms with E-state index in [1.807, 2.05) is 0 Å². The first kappa shape index (κ1) is 16.3. The van der Waals surface area contributed by atoms with Crippen molar-refractivity contribution in [1.29, 1.82) is 0 Å². The van der Waals surface area contributed by atoms with E-state index in [1.54, 1.807) is 0 Å². The molecule has 0 nitrogen and oxygen atoms in total. The van der Waals surface area contributed by atoms with Gasteiger partial charge in [0.05, 0.1) is 6.42 Å². The Labute approximate surface area is 113 Å². The van der Waals surface area contributed by atoms with Crippen LogP contribution in [0, 0.1) is 5.92 Å². The molecule has 1 rings (SSSR count). The van der Waals surface area contributed by atoms with Gasteiger partial charge in [-0.15, -0.1) is 0 Å². The van der Waals surface area contributed by atoms with Gasteiger partial charge in [-0.05, 0) is 35.4 Å². The van der Waals surface area contributed by atoms with Crippen LogP contribution >= 0.6 is 22.6 Å². The zero-order chi connectivity index (χ0) is 14.8. The Morgan fingerprint density at radius 3 is 1.67 bits per heavy atom. The summed E-state index contributed by atoms with van der Waals surface area (Å²) < 4.78 is 92.2. The van der Waals surface area contributed by atoms with Crippen molar-refractivity contribution in [2.75, 3.05) is 0 Å². The second-order valence-electron chi connectivity index (χ2n) is 5.05. The molecule has 108 valence electrons. The fourth-order valence-corrected chi connectivity index (χ4v) is 2.57. The summed E-state index contributed by atoms with van der Waals surface area (Å²) in [5.41, 5.74) is -8.12. The average molecular weight is 392 g/mol. The summed E-state index contributed by atoms with van der Waals surface area (Å²) >= 11 is 0.303. The van der Waals surface area contributed by atoms with Crippen molar-refractivity contribution < 1.29 is 30.7 Å². The van der Waals surface area contributed by atoms with Crippen LogP contribution in [0.25, 0.3) is 0 Å². The van der Waals surface area contributed by atoms with Crippen LogP contribution in [0.15, 0.2) is 0 Å². The highest BCUT2D eigenvalue weighted by atomic mass is 127. The van der Waals surface area contributed by atoms with Gasteiger partial charge in [0, 0.05) is 0 Å². The molecule has 0 N–H and O–H groups in total. The van der Waals surface area contributed by atoms with Crippen molar-refractivity contribution in [3.63, 3.8) is 0 Å². The molecule has 0 saturated heterocycles. The zero-order valence-electron chi connectivity index (χ0n) is 9.81. The van der Waals surface area contributed by atoms with Crippen LogP contribution in [0.4, 0.5) is 30.7 Å². The highest BCUT2D eigenvalue weighted by molar-refractivity contribution is 14.1. The first-order valence-corrected chi connectivity index (χ1v) is 6.24.